The van der Waals surface area contributed by atoms with Crippen molar-refractivity contribution in [2.45, 2.75) is 13.0 Å². The van der Waals surface area contributed by atoms with E-state index in [1.54, 1.807) is 42.5 Å². The number of urea groups is 1. The van der Waals surface area contributed by atoms with Gasteiger partial charge >= 0.3 is 12.0 Å². The molecule has 3 amide bonds. The largest absolute Gasteiger partial charge is 0.449 e. The van der Waals surface area contributed by atoms with Gasteiger partial charge in [-0.2, -0.15) is 0 Å². The third-order valence-electron chi connectivity index (χ3n) is 3.33. The minimum atomic E-state index is -1.25. The molecular weight excluding hydrogens is 324 g/mol. The molecule has 7 nitrogen and oxygen atoms in total. The summed E-state index contributed by atoms with van der Waals surface area (Å²) < 4.78 is 5.01. The fourth-order valence-electron chi connectivity index (χ4n) is 2.10. The Bertz CT molecular complexity index is 817. The van der Waals surface area contributed by atoms with Crippen LogP contribution in [-0.4, -0.2) is 29.8 Å². The Kier molecular flexibility index (Phi) is 5.62. The third-order valence-corrected chi connectivity index (χ3v) is 3.33. The summed E-state index contributed by atoms with van der Waals surface area (Å²) in [6.07, 6.45) is -1.25. The van der Waals surface area contributed by atoms with Crippen LogP contribution in [0, 0.1) is 0 Å². The molecule has 1 unspecified atom stereocenters. The zero-order chi connectivity index (χ0) is 18.4. The highest BCUT2D eigenvalue weighted by atomic mass is 16.5. The molecule has 0 bridgehead atoms. The normalized spacial score (nSPS) is 11.2. The maximum absolute atomic E-state index is 12.6. The zero-order valence-electron chi connectivity index (χ0n) is 13.4. The number of ketones is 1. The molecule has 3 N–H and O–H groups in total. The number of amides is 3. The summed E-state index contributed by atoms with van der Waals surface area (Å²) in [6.45, 7) is 1.29. The molecule has 0 aliphatic rings. The molecule has 0 saturated heterocycles. The molecule has 25 heavy (non-hydrogen) atoms. The van der Waals surface area contributed by atoms with E-state index in [1.165, 1.54) is 19.1 Å². The van der Waals surface area contributed by atoms with E-state index < -0.39 is 24.0 Å². The predicted octanol–water partition coefficient (Wildman–Crippen LogP) is 1.66. The van der Waals surface area contributed by atoms with Gasteiger partial charge in [-0.1, -0.05) is 48.5 Å². The molecule has 0 aromatic heterocycles. The van der Waals surface area contributed by atoms with Crippen molar-refractivity contribution >= 4 is 23.7 Å². The fraction of sp³-hybridized carbons (Fsp3) is 0.111. The van der Waals surface area contributed by atoms with Gasteiger partial charge in [0.2, 0.25) is 0 Å². The average molecular weight is 340 g/mol. The van der Waals surface area contributed by atoms with Crippen molar-refractivity contribution in [1.29, 1.82) is 0 Å². The number of esters is 1. The maximum Gasteiger partial charge on any atom is 0.339 e. The smallest absolute Gasteiger partial charge is 0.339 e. The zero-order valence-corrected chi connectivity index (χ0v) is 13.4. The van der Waals surface area contributed by atoms with Crippen molar-refractivity contribution in [3.05, 3.63) is 71.3 Å². The number of nitrogens with two attached hydrogens (primary N) is 1. The summed E-state index contributed by atoms with van der Waals surface area (Å²) in [5.74, 6) is -2.05. The lowest BCUT2D eigenvalue weighted by Gasteiger charge is -2.13. The van der Waals surface area contributed by atoms with Crippen LogP contribution in [-0.2, 0) is 9.53 Å². The highest BCUT2D eigenvalue weighted by Gasteiger charge is 2.23. The fourth-order valence-corrected chi connectivity index (χ4v) is 2.10. The second kappa shape index (κ2) is 7.87. The van der Waals surface area contributed by atoms with Gasteiger partial charge in [0.25, 0.3) is 5.91 Å². The van der Waals surface area contributed by atoms with Crippen LogP contribution in [0.1, 0.15) is 33.2 Å². The van der Waals surface area contributed by atoms with Crippen LogP contribution < -0.4 is 11.1 Å². The Hall–Kier alpha value is -3.48. The molecule has 0 aliphatic carbocycles. The molecular formula is C18H16N2O5. The van der Waals surface area contributed by atoms with Gasteiger partial charge in [0, 0.05) is 11.1 Å². The Morgan fingerprint density at radius 2 is 1.48 bits per heavy atom. The number of primary amides is 1. The number of imide groups is 1. The van der Waals surface area contributed by atoms with E-state index in [2.05, 4.69) is 0 Å². The lowest BCUT2D eigenvalue weighted by atomic mass is 9.98. The van der Waals surface area contributed by atoms with Gasteiger partial charge in [0.05, 0.1) is 5.56 Å². The minimum absolute atomic E-state index is 0.0232. The Labute approximate surface area is 143 Å². The van der Waals surface area contributed by atoms with Crippen LogP contribution in [0.25, 0.3) is 0 Å². The van der Waals surface area contributed by atoms with Crippen molar-refractivity contribution in [3.63, 3.8) is 0 Å². The molecule has 2 aromatic rings. The average Bonchev–Trinajstić information content (AvgIpc) is 2.61. The van der Waals surface area contributed by atoms with Crippen molar-refractivity contribution in [2.24, 2.45) is 5.73 Å². The molecule has 2 aromatic carbocycles. The number of rotatable bonds is 5. The molecule has 7 heteroatoms. The number of ether oxygens (including phenoxy) is 1. The van der Waals surface area contributed by atoms with E-state index in [0.717, 1.165) is 0 Å². The van der Waals surface area contributed by atoms with Crippen molar-refractivity contribution in [2.75, 3.05) is 0 Å². The number of carbonyl (C=O) groups is 4. The summed E-state index contributed by atoms with van der Waals surface area (Å²) in [6, 6.07) is 13.5. The van der Waals surface area contributed by atoms with Gasteiger partial charge in [0.1, 0.15) is 0 Å². The highest BCUT2D eigenvalue weighted by molar-refractivity contribution is 6.14. The summed E-state index contributed by atoms with van der Waals surface area (Å²) in [5, 5.41) is 1.82. The van der Waals surface area contributed by atoms with Crippen LogP contribution in [0.3, 0.4) is 0 Å². The van der Waals surface area contributed by atoms with Gasteiger partial charge in [0.15, 0.2) is 11.9 Å². The van der Waals surface area contributed by atoms with Crippen molar-refractivity contribution in [1.82, 2.24) is 5.32 Å². The Morgan fingerprint density at radius 1 is 0.920 bits per heavy atom. The molecule has 2 rings (SSSR count). The second-order valence-electron chi connectivity index (χ2n) is 5.14. The van der Waals surface area contributed by atoms with E-state index in [4.69, 9.17) is 10.5 Å². The SMILES string of the molecule is CC(OC(=O)c1ccccc1C(=O)c1ccccc1)C(=O)NC(N)=O. The van der Waals surface area contributed by atoms with E-state index in [9.17, 15) is 19.2 Å². The topological polar surface area (TPSA) is 116 Å². The van der Waals surface area contributed by atoms with Gasteiger partial charge in [-0.05, 0) is 13.0 Å². The number of hydrogen-bond acceptors (Lipinski definition) is 5. The van der Waals surface area contributed by atoms with Gasteiger partial charge in [-0.15, -0.1) is 0 Å². The van der Waals surface area contributed by atoms with Crippen molar-refractivity contribution < 1.29 is 23.9 Å². The molecule has 1 atom stereocenters. The van der Waals surface area contributed by atoms with Crippen LogP contribution in [0.5, 0.6) is 0 Å². The maximum atomic E-state index is 12.6. The molecule has 0 spiro atoms. The van der Waals surface area contributed by atoms with E-state index >= 15 is 0 Å². The number of nitrogens with one attached hydrogen (secondary N) is 1. The number of benzene rings is 2. The summed E-state index contributed by atoms with van der Waals surface area (Å²) >= 11 is 0. The molecule has 0 radical (unpaired) electrons. The third kappa shape index (κ3) is 4.51. The van der Waals surface area contributed by atoms with E-state index in [0.29, 0.717) is 5.56 Å². The van der Waals surface area contributed by atoms with Crippen LogP contribution in [0.15, 0.2) is 54.6 Å². The Balaban J connectivity index is 2.22. The Morgan fingerprint density at radius 3 is 2.08 bits per heavy atom. The predicted molar refractivity (Wildman–Crippen MR) is 88.9 cm³/mol. The van der Waals surface area contributed by atoms with Gasteiger partial charge < -0.3 is 10.5 Å². The van der Waals surface area contributed by atoms with E-state index in [-0.39, 0.29) is 16.9 Å². The summed E-state index contributed by atoms with van der Waals surface area (Å²) in [4.78, 5) is 47.2. The molecule has 128 valence electrons. The quantitative estimate of drug-likeness (QED) is 0.634. The standard InChI is InChI=1S/C18H16N2O5/c1-11(16(22)20-18(19)24)25-17(23)14-10-6-5-9-13(14)15(21)12-7-3-2-4-8-12/h2-11H,1H3,(H3,19,20,22,24). The second-order valence-corrected chi connectivity index (χ2v) is 5.14. The van der Waals surface area contributed by atoms with Crippen molar-refractivity contribution in [3.8, 4) is 0 Å². The van der Waals surface area contributed by atoms with E-state index in [1.807, 2.05) is 5.32 Å². The first-order valence-electron chi connectivity index (χ1n) is 7.40. The first kappa shape index (κ1) is 17.9. The molecule has 0 aliphatic heterocycles. The lowest BCUT2D eigenvalue weighted by Crippen LogP contribution is -2.42. The van der Waals surface area contributed by atoms with Crippen LogP contribution >= 0.6 is 0 Å². The molecule has 0 heterocycles. The molecule has 0 saturated carbocycles. The van der Waals surface area contributed by atoms with Crippen LogP contribution in [0.4, 0.5) is 4.79 Å². The van der Waals surface area contributed by atoms with Gasteiger partial charge in [-0.25, -0.2) is 9.59 Å². The summed E-state index contributed by atoms with van der Waals surface area (Å²) in [7, 11) is 0. The minimum Gasteiger partial charge on any atom is -0.449 e. The first-order chi connectivity index (χ1) is 11.9. The number of hydrogen-bond donors (Lipinski definition) is 2. The lowest BCUT2D eigenvalue weighted by molar-refractivity contribution is -0.127. The number of carbonyl (C=O) groups excluding carboxylic acids is 4. The molecule has 0 fully saturated rings. The summed E-state index contributed by atoms with van der Waals surface area (Å²) in [5.41, 5.74) is 5.44. The monoisotopic (exact) mass is 340 g/mol. The first-order valence-corrected chi connectivity index (χ1v) is 7.40. The van der Waals surface area contributed by atoms with Gasteiger partial charge in [-0.3, -0.25) is 14.9 Å². The highest BCUT2D eigenvalue weighted by Crippen LogP contribution is 2.16. The van der Waals surface area contributed by atoms with Crippen LogP contribution in [0.2, 0.25) is 0 Å².